The van der Waals surface area contributed by atoms with Crippen LogP contribution in [0, 0.1) is 5.92 Å². The normalized spacial score (nSPS) is 16.0. The lowest BCUT2D eigenvalue weighted by Gasteiger charge is -2.16. The molecule has 0 bridgehead atoms. The number of esters is 1. The summed E-state index contributed by atoms with van der Waals surface area (Å²) in [6.45, 7) is 7.45. The molecule has 1 aliphatic rings. The third-order valence-corrected chi connectivity index (χ3v) is 3.39. The standard InChI is InChI=1S/C14H26N2O2/c1-3-5-6-13(4-2)11-18-14(17)7-9-16-10-8-15-12-16/h12-13H,3-11H2,1-2H3. The molecular weight excluding hydrogens is 228 g/mol. The highest BCUT2D eigenvalue weighted by Crippen LogP contribution is 2.13. The Morgan fingerprint density at radius 2 is 2.33 bits per heavy atom. The SMILES string of the molecule is CCCCC(CC)COC(=O)CCN1C=NCC1. The lowest BCUT2D eigenvalue weighted by Crippen LogP contribution is -2.24. The van der Waals surface area contributed by atoms with Crippen LogP contribution < -0.4 is 0 Å². The molecule has 4 nitrogen and oxygen atoms in total. The van der Waals surface area contributed by atoms with E-state index in [-0.39, 0.29) is 5.97 Å². The Balaban J connectivity index is 2.08. The first-order chi connectivity index (χ1) is 8.76. The van der Waals surface area contributed by atoms with Gasteiger partial charge in [0, 0.05) is 13.1 Å². The molecule has 0 aromatic heterocycles. The first kappa shape index (κ1) is 15.0. The number of ether oxygens (including phenoxy) is 1. The number of hydrogen-bond donors (Lipinski definition) is 0. The average molecular weight is 254 g/mol. The number of carbonyl (C=O) groups is 1. The maximum absolute atomic E-state index is 11.6. The molecule has 0 N–H and O–H groups in total. The van der Waals surface area contributed by atoms with Crippen molar-refractivity contribution in [2.75, 3.05) is 26.2 Å². The predicted molar refractivity (Wildman–Crippen MR) is 73.8 cm³/mol. The quantitative estimate of drug-likeness (QED) is 0.594. The summed E-state index contributed by atoms with van der Waals surface area (Å²) in [5.74, 6) is 0.451. The molecule has 1 unspecified atom stereocenters. The van der Waals surface area contributed by atoms with Gasteiger partial charge in [-0.3, -0.25) is 9.79 Å². The van der Waals surface area contributed by atoms with E-state index in [1.807, 2.05) is 6.34 Å². The molecule has 1 atom stereocenters. The fourth-order valence-electron chi connectivity index (χ4n) is 2.00. The molecule has 0 aromatic carbocycles. The largest absolute Gasteiger partial charge is 0.465 e. The first-order valence-electron chi connectivity index (χ1n) is 7.15. The van der Waals surface area contributed by atoms with Crippen LogP contribution in [0.5, 0.6) is 0 Å². The van der Waals surface area contributed by atoms with Crippen LogP contribution in [0.25, 0.3) is 0 Å². The van der Waals surface area contributed by atoms with E-state index in [9.17, 15) is 4.79 Å². The van der Waals surface area contributed by atoms with E-state index in [1.165, 1.54) is 19.3 Å². The van der Waals surface area contributed by atoms with Crippen molar-refractivity contribution in [1.82, 2.24) is 4.90 Å². The summed E-state index contributed by atoms with van der Waals surface area (Å²) in [5, 5.41) is 0. The molecule has 0 saturated carbocycles. The van der Waals surface area contributed by atoms with Crippen LogP contribution in [0.2, 0.25) is 0 Å². The van der Waals surface area contributed by atoms with Gasteiger partial charge in [0.15, 0.2) is 0 Å². The van der Waals surface area contributed by atoms with Gasteiger partial charge >= 0.3 is 5.97 Å². The number of unbranched alkanes of at least 4 members (excludes halogenated alkanes) is 1. The molecule has 0 aromatic rings. The lowest BCUT2D eigenvalue weighted by atomic mass is 10.0. The molecule has 1 aliphatic heterocycles. The fraction of sp³-hybridized carbons (Fsp3) is 0.857. The van der Waals surface area contributed by atoms with Gasteiger partial charge in [-0.25, -0.2) is 0 Å². The Hall–Kier alpha value is -1.06. The van der Waals surface area contributed by atoms with E-state index in [2.05, 4.69) is 23.7 Å². The smallest absolute Gasteiger partial charge is 0.307 e. The van der Waals surface area contributed by atoms with E-state index in [1.54, 1.807) is 0 Å². The average Bonchev–Trinajstić information content (AvgIpc) is 2.89. The summed E-state index contributed by atoms with van der Waals surface area (Å²) >= 11 is 0. The molecule has 104 valence electrons. The van der Waals surface area contributed by atoms with Crippen LogP contribution in [-0.4, -0.2) is 43.4 Å². The molecule has 0 fully saturated rings. The van der Waals surface area contributed by atoms with E-state index in [4.69, 9.17) is 4.74 Å². The Bertz CT molecular complexity index is 267. The molecule has 4 heteroatoms. The highest BCUT2D eigenvalue weighted by Gasteiger charge is 2.12. The second-order valence-corrected chi connectivity index (χ2v) is 4.91. The molecule has 0 radical (unpaired) electrons. The van der Waals surface area contributed by atoms with Crippen molar-refractivity contribution in [3.63, 3.8) is 0 Å². The van der Waals surface area contributed by atoms with Crippen molar-refractivity contribution < 1.29 is 9.53 Å². The number of rotatable bonds is 9. The second kappa shape index (κ2) is 8.95. The summed E-state index contributed by atoms with van der Waals surface area (Å²) in [7, 11) is 0. The molecule has 0 spiro atoms. The summed E-state index contributed by atoms with van der Waals surface area (Å²) in [4.78, 5) is 17.8. The minimum absolute atomic E-state index is 0.0785. The van der Waals surface area contributed by atoms with Crippen molar-refractivity contribution in [3.05, 3.63) is 0 Å². The summed E-state index contributed by atoms with van der Waals surface area (Å²) in [6, 6.07) is 0. The number of aliphatic imine (C=N–C) groups is 1. The van der Waals surface area contributed by atoms with Crippen LogP contribution >= 0.6 is 0 Å². The highest BCUT2D eigenvalue weighted by molar-refractivity contribution is 5.70. The van der Waals surface area contributed by atoms with Crippen LogP contribution in [0.4, 0.5) is 0 Å². The van der Waals surface area contributed by atoms with Gasteiger partial charge in [-0.1, -0.05) is 33.1 Å². The number of carbonyl (C=O) groups excluding carboxylic acids is 1. The van der Waals surface area contributed by atoms with Crippen LogP contribution in [0.3, 0.4) is 0 Å². The van der Waals surface area contributed by atoms with Crippen molar-refractivity contribution in [2.45, 2.75) is 46.0 Å². The Kier molecular flexibility index (Phi) is 7.46. The lowest BCUT2D eigenvalue weighted by molar-refractivity contribution is -0.145. The molecular formula is C14H26N2O2. The molecule has 0 saturated heterocycles. The molecule has 0 aliphatic carbocycles. The first-order valence-corrected chi connectivity index (χ1v) is 7.15. The predicted octanol–water partition coefficient (Wildman–Crippen LogP) is 2.48. The van der Waals surface area contributed by atoms with Gasteiger partial charge in [-0.2, -0.15) is 0 Å². The van der Waals surface area contributed by atoms with E-state index in [0.29, 0.717) is 18.9 Å². The monoisotopic (exact) mass is 254 g/mol. The maximum Gasteiger partial charge on any atom is 0.307 e. The zero-order chi connectivity index (χ0) is 13.2. The molecule has 1 rings (SSSR count). The fourth-order valence-corrected chi connectivity index (χ4v) is 2.00. The third-order valence-electron chi connectivity index (χ3n) is 3.39. The van der Waals surface area contributed by atoms with E-state index >= 15 is 0 Å². The number of hydrogen-bond acceptors (Lipinski definition) is 4. The van der Waals surface area contributed by atoms with Gasteiger partial charge < -0.3 is 9.64 Å². The Labute approximate surface area is 110 Å². The molecule has 18 heavy (non-hydrogen) atoms. The van der Waals surface area contributed by atoms with Crippen molar-refractivity contribution in [3.8, 4) is 0 Å². The van der Waals surface area contributed by atoms with Gasteiger partial charge in [0.2, 0.25) is 0 Å². The minimum Gasteiger partial charge on any atom is -0.465 e. The molecule has 0 amide bonds. The minimum atomic E-state index is -0.0785. The second-order valence-electron chi connectivity index (χ2n) is 4.91. The Morgan fingerprint density at radius 3 is 2.94 bits per heavy atom. The maximum atomic E-state index is 11.6. The Morgan fingerprint density at radius 1 is 1.50 bits per heavy atom. The topological polar surface area (TPSA) is 41.9 Å². The van der Waals surface area contributed by atoms with Gasteiger partial charge in [-0.05, 0) is 12.3 Å². The summed E-state index contributed by atoms with van der Waals surface area (Å²) in [5.41, 5.74) is 0. The zero-order valence-corrected chi connectivity index (χ0v) is 11.7. The molecule has 1 heterocycles. The van der Waals surface area contributed by atoms with Gasteiger partial charge in [-0.15, -0.1) is 0 Å². The zero-order valence-electron chi connectivity index (χ0n) is 11.7. The van der Waals surface area contributed by atoms with Gasteiger partial charge in [0.25, 0.3) is 0 Å². The third kappa shape index (κ3) is 6.03. The van der Waals surface area contributed by atoms with Crippen LogP contribution in [0.1, 0.15) is 46.0 Å². The van der Waals surface area contributed by atoms with Crippen molar-refractivity contribution >= 4 is 12.3 Å². The summed E-state index contributed by atoms with van der Waals surface area (Å²) in [6.07, 6.45) is 6.98. The van der Waals surface area contributed by atoms with Gasteiger partial charge in [0.1, 0.15) is 0 Å². The van der Waals surface area contributed by atoms with Crippen LogP contribution in [0.15, 0.2) is 4.99 Å². The highest BCUT2D eigenvalue weighted by atomic mass is 16.5. The van der Waals surface area contributed by atoms with E-state index < -0.39 is 0 Å². The van der Waals surface area contributed by atoms with Crippen LogP contribution in [-0.2, 0) is 9.53 Å². The van der Waals surface area contributed by atoms with Crippen molar-refractivity contribution in [1.29, 1.82) is 0 Å². The van der Waals surface area contributed by atoms with Crippen molar-refractivity contribution in [2.24, 2.45) is 10.9 Å². The number of nitrogens with zero attached hydrogens (tertiary/aromatic N) is 2. The summed E-state index contributed by atoms with van der Waals surface area (Å²) < 4.78 is 5.34. The van der Waals surface area contributed by atoms with E-state index in [0.717, 1.165) is 26.1 Å². The van der Waals surface area contributed by atoms with Gasteiger partial charge in [0.05, 0.1) is 25.9 Å².